The molecule has 0 aliphatic carbocycles. The van der Waals surface area contributed by atoms with Crippen molar-refractivity contribution in [3.63, 3.8) is 0 Å². The summed E-state index contributed by atoms with van der Waals surface area (Å²) in [4.78, 5) is 3.25. The summed E-state index contributed by atoms with van der Waals surface area (Å²) in [5.74, 6) is -0.156. The van der Waals surface area contributed by atoms with Crippen molar-refractivity contribution < 1.29 is 10.2 Å². The van der Waals surface area contributed by atoms with Gasteiger partial charge in [-0.3, -0.25) is 0 Å². The molecule has 0 spiro atoms. The first-order valence-corrected chi connectivity index (χ1v) is 11.3. The molecule has 4 heteroatoms. The van der Waals surface area contributed by atoms with E-state index in [2.05, 4.69) is 55.1 Å². The Morgan fingerprint density at radius 1 is 1.00 bits per heavy atom. The first kappa shape index (κ1) is 21.4. The van der Waals surface area contributed by atoms with Gasteiger partial charge in [-0.1, -0.05) is 72.4 Å². The molecule has 3 nitrogen and oxygen atoms in total. The van der Waals surface area contributed by atoms with Gasteiger partial charge in [0.15, 0.2) is 11.5 Å². The Kier molecular flexibility index (Phi) is 6.01. The number of phenols is 2. The Labute approximate surface area is 190 Å². The van der Waals surface area contributed by atoms with Crippen molar-refractivity contribution in [1.82, 2.24) is 4.90 Å². The van der Waals surface area contributed by atoms with Crippen molar-refractivity contribution in [2.24, 2.45) is 0 Å². The van der Waals surface area contributed by atoms with Crippen LogP contribution in [0.5, 0.6) is 11.5 Å². The van der Waals surface area contributed by atoms with E-state index in [0.717, 1.165) is 53.9 Å². The van der Waals surface area contributed by atoms with Crippen LogP contribution < -0.4 is 0 Å². The highest BCUT2D eigenvalue weighted by Crippen LogP contribution is 2.45. The summed E-state index contributed by atoms with van der Waals surface area (Å²) in [7, 11) is 0. The van der Waals surface area contributed by atoms with Gasteiger partial charge >= 0.3 is 0 Å². The van der Waals surface area contributed by atoms with Crippen molar-refractivity contribution >= 4 is 17.2 Å². The van der Waals surface area contributed by atoms with Crippen LogP contribution in [0.2, 0.25) is 0 Å². The lowest BCUT2D eigenvalue weighted by Gasteiger charge is -2.48. The van der Waals surface area contributed by atoms with Gasteiger partial charge in [-0.15, -0.1) is 0 Å². The van der Waals surface area contributed by atoms with Crippen molar-refractivity contribution in [3.05, 3.63) is 94.5 Å². The fourth-order valence-corrected chi connectivity index (χ4v) is 5.08. The van der Waals surface area contributed by atoms with E-state index in [1.165, 1.54) is 11.1 Å². The average molecular weight is 432 g/mol. The van der Waals surface area contributed by atoms with Gasteiger partial charge in [0, 0.05) is 6.54 Å². The number of benzene rings is 3. The fraction of sp³-hybridized carbons (Fsp3) is 0.296. The van der Waals surface area contributed by atoms with Gasteiger partial charge in [0.1, 0.15) is 0 Å². The van der Waals surface area contributed by atoms with Crippen molar-refractivity contribution in [2.75, 3.05) is 6.54 Å². The molecule has 0 bridgehead atoms. The number of nitrogens with zero attached hydrogens (tertiary/aromatic N) is 1. The molecule has 3 aromatic carbocycles. The first-order chi connectivity index (χ1) is 14.9. The highest BCUT2D eigenvalue weighted by atomic mass is 32.1. The second-order valence-corrected chi connectivity index (χ2v) is 9.04. The van der Waals surface area contributed by atoms with E-state index in [1.54, 1.807) is 12.1 Å². The summed E-state index contributed by atoms with van der Waals surface area (Å²) < 4.78 is 0. The molecule has 2 N–H and O–H groups in total. The second kappa shape index (κ2) is 8.72. The molecule has 1 aliphatic heterocycles. The third-order valence-electron chi connectivity index (χ3n) is 6.48. The number of thiocarbonyl (C=S) groups is 1. The van der Waals surface area contributed by atoms with Crippen LogP contribution >= 0.6 is 12.2 Å². The number of rotatable bonds is 5. The van der Waals surface area contributed by atoms with Crippen LogP contribution in [-0.2, 0) is 18.4 Å². The van der Waals surface area contributed by atoms with Gasteiger partial charge in [-0.25, -0.2) is 0 Å². The van der Waals surface area contributed by atoms with Crippen LogP contribution in [0.25, 0.3) is 0 Å². The largest absolute Gasteiger partial charge is 0.504 e. The Hall–Kier alpha value is -2.85. The topological polar surface area (TPSA) is 43.7 Å². The normalized spacial score (nSPS) is 17.9. The minimum atomic E-state index is -0.499. The van der Waals surface area contributed by atoms with E-state index in [9.17, 15) is 10.2 Å². The number of aromatic hydroxyl groups is 2. The van der Waals surface area contributed by atoms with Crippen LogP contribution in [0.4, 0.5) is 0 Å². The predicted octanol–water partition coefficient (Wildman–Crippen LogP) is 5.88. The molecule has 0 fully saturated rings. The van der Waals surface area contributed by atoms with E-state index >= 15 is 0 Å². The molecular weight excluding hydrogens is 402 g/mol. The van der Waals surface area contributed by atoms with Crippen LogP contribution in [0.1, 0.15) is 47.6 Å². The lowest BCUT2D eigenvalue weighted by molar-refractivity contribution is 0.224. The molecule has 0 saturated carbocycles. The molecular formula is C27H29NO2S. The Morgan fingerprint density at radius 2 is 1.68 bits per heavy atom. The molecule has 31 heavy (non-hydrogen) atoms. The number of fused-ring (bicyclic) bond motifs is 1. The molecule has 1 heterocycles. The molecule has 4 rings (SSSR count). The summed E-state index contributed by atoms with van der Waals surface area (Å²) >= 11 is 5.96. The maximum Gasteiger partial charge on any atom is 0.157 e. The van der Waals surface area contributed by atoms with Crippen molar-refractivity contribution in [2.45, 2.75) is 45.1 Å². The van der Waals surface area contributed by atoms with Crippen LogP contribution in [0.15, 0.2) is 66.7 Å². The van der Waals surface area contributed by atoms with E-state index < -0.39 is 5.54 Å². The Bertz CT molecular complexity index is 1080. The SMILES string of the molecule is Cc1ccc(CCCC(=S)N2CCc3cc(O)c(O)cc3C2(C)c2ccccc2)cc1. The molecule has 1 unspecified atom stereocenters. The third-order valence-corrected chi connectivity index (χ3v) is 6.91. The zero-order chi connectivity index (χ0) is 22.0. The molecule has 3 aromatic rings. The zero-order valence-corrected chi connectivity index (χ0v) is 19.0. The van der Waals surface area contributed by atoms with E-state index in [1.807, 2.05) is 18.2 Å². The smallest absolute Gasteiger partial charge is 0.157 e. The monoisotopic (exact) mass is 431 g/mol. The third kappa shape index (κ3) is 4.17. The summed E-state index contributed by atoms with van der Waals surface area (Å²) in [6.07, 6.45) is 3.62. The molecule has 0 radical (unpaired) electrons. The zero-order valence-electron chi connectivity index (χ0n) is 18.1. The van der Waals surface area contributed by atoms with Gasteiger partial charge in [0.25, 0.3) is 0 Å². The van der Waals surface area contributed by atoms with Gasteiger partial charge in [-0.05, 0) is 73.9 Å². The van der Waals surface area contributed by atoms with Crippen molar-refractivity contribution in [3.8, 4) is 11.5 Å². The maximum atomic E-state index is 10.3. The minimum absolute atomic E-state index is 0.0664. The van der Waals surface area contributed by atoms with Gasteiger partial charge in [0.2, 0.25) is 0 Å². The second-order valence-electron chi connectivity index (χ2n) is 8.57. The van der Waals surface area contributed by atoms with Gasteiger partial charge < -0.3 is 15.1 Å². The number of aryl methyl sites for hydroxylation is 2. The van der Waals surface area contributed by atoms with Crippen LogP contribution in [0, 0.1) is 6.92 Å². The number of phenolic OH excluding ortho intramolecular Hbond substituents is 2. The predicted molar refractivity (Wildman–Crippen MR) is 130 cm³/mol. The number of hydrogen-bond donors (Lipinski definition) is 2. The lowest BCUT2D eigenvalue weighted by Crippen LogP contribution is -2.51. The minimum Gasteiger partial charge on any atom is -0.504 e. The Balaban J connectivity index is 1.62. The van der Waals surface area contributed by atoms with Crippen molar-refractivity contribution in [1.29, 1.82) is 0 Å². The highest BCUT2D eigenvalue weighted by Gasteiger charge is 2.41. The molecule has 0 amide bonds. The molecule has 1 aliphatic rings. The van der Waals surface area contributed by atoms with Crippen LogP contribution in [-0.4, -0.2) is 26.6 Å². The van der Waals surface area contributed by atoms with Gasteiger partial charge in [0.05, 0.1) is 10.5 Å². The quantitative estimate of drug-likeness (QED) is 0.391. The Morgan fingerprint density at radius 3 is 2.39 bits per heavy atom. The first-order valence-electron chi connectivity index (χ1n) is 10.9. The summed E-state index contributed by atoms with van der Waals surface area (Å²) in [5.41, 5.74) is 5.30. The van der Waals surface area contributed by atoms with Crippen LogP contribution in [0.3, 0.4) is 0 Å². The van der Waals surface area contributed by atoms with E-state index in [-0.39, 0.29) is 11.5 Å². The average Bonchev–Trinajstić information content (AvgIpc) is 2.77. The summed E-state index contributed by atoms with van der Waals surface area (Å²) in [6, 6.07) is 22.4. The highest BCUT2D eigenvalue weighted by molar-refractivity contribution is 7.80. The standard InChI is InChI=1S/C27H29NO2S/c1-19-11-13-20(14-12-19)7-6-10-26(31)28-16-15-21-17-24(29)25(30)18-23(21)27(28,2)22-8-4-3-5-9-22/h3-5,8-9,11-14,17-18,29-30H,6-7,10,15-16H2,1-2H3. The lowest BCUT2D eigenvalue weighted by atomic mass is 9.76. The fourth-order valence-electron chi connectivity index (χ4n) is 4.66. The summed E-state index contributed by atoms with van der Waals surface area (Å²) in [6.45, 7) is 5.06. The molecule has 0 saturated heterocycles. The molecule has 1 atom stereocenters. The molecule has 0 aromatic heterocycles. The van der Waals surface area contributed by atoms with E-state index in [4.69, 9.17) is 12.2 Å². The summed E-state index contributed by atoms with van der Waals surface area (Å²) in [5, 5.41) is 20.3. The van der Waals surface area contributed by atoms with E-state index in [0.29, 0.717) is 0 Å². The van der Waals surface area contributed by atoms with Gasteiger partial charge in [-0.2, -0.15) is 0 Å². The molecule has 160 valence electrons. The maximum absolute atomic E-state index is 10.3. The number of hydrogen-bond acceptors (Lipinski definition) is 3.